The van der Waals surface area contributed by atoms with Crippen LogP contribution in [-0.4, -0.2) is 43.8 Å². The number of carbonyl (C=O) groups is 1. The van der Waals surface area contributed by atoms with Gasteiger partial charge in [-0.15, -0.1) is 0 Å². The van der Waals surface area contributed by atoms with E-state index in [1.54, 1.807) is 0 Å². The van der Waals surface area contributed by atoms with E-state index in [0.29, 0.717) is 18.0 Å². The van der Waals surface area contributed by atoms with Crippen molar-refractivity contribution in [3.05, 3.63) is 47.3 Å². The minimum atomic E-state index is -0.638. The maximum atomic E-state index is 13.0. The maximum Gasteiger partial charge on any atom is 0.291 e. The second-order valence-corrected chi connectivity index (χ2v) is 13.1. The SMILES string of the molecule is CC(C)CCC1(C)CC=C(c2nc(C3CC(C)(C)OC(C)(CO)C3)ccc2NC(=O)c2ncc(C#N)[nH]2)CC1. The largest absolute Gasteiger partial charge is 0.393 e. The number of allylic oxidation sites excluding steroid dienone is 2. The third kappa shape index (κ3) is 6.95. The lowest BCUT2D eigenvalue weighted by Crippen LogP contribution is -2.48. The van der Waals surface area contributed by atoms with Gasteiger partial charge in [0, 0.05) is 11.6 Å². The number of nitrogens with one attached hydrogen (secondary N) is 2. The van der Waals surface area contributed by atoms with Gasteiger partial charge in [-0.1, -0.05) is 33.3 Å². The molecule has 1 amide bonds. The average molecular weight is 534 g/mol. The molecule has 8 heteroatoms. The topological polar surface area (TPSA) is 124 Å². The molecule has 1 aliphatic carbocycles. The number of carbonyl (C=O) groups excluding carboxylic acids is 1. The molecule has 210 valence electrons. The Morgan fingerprint density at radius 1 is 1.28 bits per heavy atom. The maximum absolute atomic E-state index is 13.0. The smallest absolute Gasteiger partial charge is 0.291 e. The van der Waals surface area contributed by atoms with Crippen LogP contribution in [0.5, 0.6) is 0 Å². The van der Waals surface area contributed by atoms with E-state index >= 15 is 0 Å². The van der Waals surface area contributed by atoms with Gasteiger partial charge in [-0.25, -0.2) is 4.98 Å². The highest BCUT2D eigenvalue weighted by molar-refractivity contribution is 6.03. The number of aromatic nitrogens is 3. The first-order valence-corrected chi connectivity index (χ1v) is 14.1. The standard InChI is InChI=1S/C31H43N5O3/c1-20(2)9-12-30(5)13-10-21(11-14-30)26-25(36-28(38)27-33-18-23(17-32)34-27)8-7-24(35-26)22-15-29(3,4)39-31(6,16-22)19-37/h7-8,10,18,20,22,37H,9,11-16,19H2,1-6H3,(H,33,34)(H,36,38). The lowest BCUT2D eigenvalue weighted by Gasteiger charge is -2.46. The number of hydrogen-bond donors (Lipinski definition) is 3. The Bertz CT molecular complexity index is 1270. The highest BCUT2D eigenvalue weighted by atomic mass is 16.5. The quantitative estimate of drug-likeness (QED) is 0.363. The first-order chi connectivity index (χ1) is 18.3. The van der Waals surface area contributed by atoms with Gasteiger partial charge in [0.05, 0.1) is 35.4 Å². The van der Waals surface area contributed by atoms with Gasteiger partial charge < -0.3 is 20.1 Å². The molecule has 0 radical (unpaired) electrons. The summed E-state index contributed by atoms with van der Waals surface area (Å²) in [5, 5.41) is 22.2. The number of nitriles is 1. The lowest BCUT2D eigenvalue weighted by molar-refractivity contribution is -0.187. The number of anilines is 1. The Labute approximate surface area is 232 Å². The third-order valence-electron chi connectivity index (χ3n) is 8.24. The van der Waals surface area contributed by atoms with Crippen molar-refractivity contribution < 1.29 is 14.6 Å². The number of amides is 1. The van der Waals surface area contributed by atoms with Gasteiger partial charge in [0.25, 0.3) is 5.91 Å². The fraction of sp³-hybridized carbons (Fsp3) is 0.613. The van der Waals surface area contributed by atoms with Gasteiger partial charge in [0.2, 0.25) is 0 Å². The zero-order chi connectivity index (χ0) is 28.4. The van der Waals surface area contributed by atoms with Gasteiger partial charge in [0.1, 0.15) is 11.8 Å². The normalized spacial score (nSPS) is 26.6. The molecule has 3 unspecified atom stereocenters. The minimum absolute atomic E-state index is 0.0537. The van der Waals surface area contributed by atoms with Crippen molar-refractivity contribution in [2.75, 3.05) is 11.9 Å². The highest BCUT2D eigenvalue weighted by Gasteiger charge is 2.43. The molecule has 1 fully saturated rings. The molecule has 4 rings (SSSR count). The Balaban J connectivity index is 1.67. The predicted molar refractivity (Wildman–Crippen MR) is 152 cm³/mol. The van der Waals surface area contributed by atoms with Gasteiger partial charge in [-0.2, -0.15) is 5.26 Å². The van der Waals surface area contributed by atoms with Crippen LogP contribution < -0.4 is 5.32 Å². The van der Waals surface area contributed by atoms with E-state index in [4.69, 9.17) is 15.0 Å². The zero-order valence-corrected chi connectivity index (χ0v) is 24.2. The number of imidazole rings is 1. The molecule has 2 aromatic heterocycles. The van der Waals surface area contributed by atoms with Crippen LogP contribution in [0.25, 0.3) is 5.57 Å². The molecule has 1 saturated heterocycles. The van der Waals surface area contributed by atoms with Crippen molar-refractivity contribution in [1.82, 2.24) is 15.0 Å². The molecular weight excluding hydrogens is 490 g/mol. The molecule has 0 saturated carbocycles. The second kappa shape index (κ2) is 11.2. The molecule has 3 N–H and O–H groups in total. The molecule has 0 aromatic carbocycles. The average Bonchev–Trinajstić information content (AvgIpc) is 3.37. The van der Waals surface area contributed by atoms with Crippen LogP contribution in [-0.2, 0) is 4.74 Å². The summed E-state index contributed by atoms with van der Waals surface area (Å²) in [5.41, 5.74) is 2.97. The van der Waals surface area contributed by atoms with E-state index in [1.165, 1.54) is 19.0 Å². The Morgan fingerprint density at radius 2 is 2.05 bits per heavy atom. The predicted octanol–water partition coefficient (Wildman–Crippen LogP) is 6.36. The number of nitrogens with zero attached hydrogens (tertiary/aromatic N) is 3. The summed E-state index contributed by atoms with van der Waals surface area (Å²) in [4.78, 5) is 25.0. The molecule has 1 aliphatic heterocycles. The van der Waals surface area contributed by atoms with E-state index in [0.717, 1.165) is 42.6 Å². The summed E-state index contributed by atoms with van der Waals surface area (Å²) in [7, 11) is 0. The van der Waals surface area contributed by atoms with Crippen molar-refractivity contribution in [3.8, 4) is 6.07 Å². The Hall–Kier alpha value is -3.02. The van der Waals surface area contributed by atoms with Crippen LogP contribution >= 0.6 is 0 Å². The monoisotopic (exact) mass is 533 g/mol. The number of rotatable bonds is 8. The number of ether oxygens (including phenoxy) is 1. The minimum Gasteiger partial charge on any atom is -0.393 e. The van der Waals surface area contributed by atoms with Crippen LogP contribution in [0.15, 0.2) is 24.4 Å². The van der Waals surface area contributed by atoms with Crippen molar-refractivity contribution in [1.29, 1.82) is 5.26 Å². The molecule has 0 spiro atoms. The summed E-state index contributed by atoms with van der Waals surface area (Å²) < 4.78 is 6.23. The summed E-state index contributed by atoms with van der Waals surface area (Å²) in [6, 6.07) is 5.87. The van der Waals surface area contributed by atoms with E-state index in [2.05, 4.69) is 56.0 Å². The van der Waals surface area contributed by atoms with Gasteiger partial charge >= 0.3 is 0 Å². The first-order valence-electron chi connectivity index (χ1n) is 14.1. The fourth-order valence-electron chi connectivity index (χ4n) is 6.05. The molecule has 3 atom stereocenters. The molecule has 8 nitrogen and oxygen atoms in total. The molecular formula is C31H43N5O3. The molecule has 2 aromatic rings. The van der Waals surface area contributed by atoms with Crippen molar-refractivity contribution in [2.24, 2.45) is 11.3 Å². The number of pyridine rings is 1. The summed E-state index contributed by atoms with van der Waals surface area (Å²) in [6.45, 7) is 12.9. The van der Waals surface area contributed by atoms with Gasteiger partial charge in [-0.05, 0) is 88.3 Å². The molecule has 3 heterocycles. The number of aliphatic hydroxyl groups excluding tert-OH is 1. The van der Waals surface area contributed by atoms with Gasteiger partial charge in [0.15, 0.2) is 5.82 Å². The van der Waals surface area contributed by atoms with Crippen LogP contribution in [0.2, 0.25) is 0 Å². The number of hydrogen-bond acceptors (Lipinski definition) is 6. The molecule has 39 heavy (non-hydrogen) atoms. The van der Waals surface area contributed by atoms with Crippen LogP contribution in [0.1, 0.15) is 120 Å². The third-order valence-corrected chi connectivity index (χ3v) is 8.24. The van der Waals surface area contributed by atoms with E-state index < -0.39 is 17.1 Å². The van der Waals surface area contributed by atoms with Gasteiger partial charge in [-0.3, -0.25) is 9.78 Å². The highest BCUT2D eigenvalue weighted by Crippen LogP contribution is 2.46. The van der Waals surface area contributed by atoms with Crippen molar-refractivity contribution in [3.63, 3.8) is 0 Å². The number of aliphatic hydroxyl groups is 1. The van der Waals surface area contributed by atoms with Crippen molar-refractivity contribution >= 4 is 17.2 Å². The first kappa shape index (κ1) is 29.0. The second-order valence-electron chi connectivity index (χ2n) is 13.1. The number of aromatic amines is 1. The lowest BCUT2D eigenvalue weighted by atomic mass is 9.72. The Morgan fingerprint density at radius 3 is 2.67 bits per heavy atom. The summed E-state index contributed by atoms with van der Waals surface area (Å²) >= 11 is 0. The fourth-order valence-corrected chi connectivity index (χ4v) is 6.05. The zero-order valence-electron chi connectivity index (χ0n) is 24.2. The summed E-state index contributed by atoms with van der Waals surface area (Å²) in [6.07, 6.45) is 10.5. The van der Waals surface area contributed by atoms with E-state index in [9.17, 15) is 9.90 Å². The van der Waals surface area contributed by atoms with E-state index in [-0.39, 0.29) is 29.5 Å². The van der Waals surface area contributed by atoms with E-state index in [1.807, 2.05) is 25.1 Å². The van der Waals surface area contributed by atoms with Crippen molar-refractivity contribution in [2.45, 2.75) is 104 Å². The summed E-state index contributed by atoms with van der Waals surface area (Å²) in [5.74, 6) is 0.470. The van der Waals surface area contributed by atoms with Crippen LogP contribution in [0.3, 0.4) is 0 Å². The number of H-pyrrole nitrogens is 1. The van der Waals surface area contributed by atoms with Crippen LogP contribution in [0, 0.1) is 22.7 Å². The van der Waals surface area contributed by atoms with Crippen LogP contribution in [0.4, 0.5) is 5.69 Å². The molecule has 2 aliphatic rings. The Kier molecular flexibility index (Phi) is 8.34. The molecule has 0 bridgehead atoms.